The molecule has 2 aromatic carbocycles. The van der Waals surface area contributed by atoms with Crippen molar-refractivity contribution in [3.63, 3.8) is 0 Å². The number of halogens is 2. The lowest BCUT2D eigenvalue weighted by Gasteiger charge is -2.04. The summed E-state index contributed by atoms with van der Waals surface area (Å²) >= 11 is 3.37. The number of carbonyl (C=O) groups excluding carboxylic acids is 1. The molecule has 0 atom stereocenters. The van der Waals surface area contributed by atoms with E-state index in [-0.39, 0.29) is 11.7 Å². The van der Waals surface area contributed by atoms with Crippen LogP contribution >= 0.6 is 15.9 Å². The maximum Gasteiger partial charge on any atom is 0.224 e. The maximum absolute atomic E-state index is 12.9. The fourth-order valence-corrected chi connectivity index (χ4v) is 2.71. The number of hydrogen-bond donors (Lipinski definition) is 1. The largest absolute Gasteiger partial charge is 0.461 e. The van der Waals surface area contributed by atoms with Crippen LogP contribution in [0.4, 0.5) is 10.1 Å². The van der Waals surface area contributed by atoms with Gasteiger partial charge < -0.3 is 9.73 Å². The molecule has 3 nitrogen and oxygen atoms in total. The van der Waals surface area contributed by atoms with Crippen LogP contribution in [0.3, 0.4) is 0 Å². The highest BCUT2D eigenvalue weighted by molar-refractivity contribution is 9.10. The van der Waals surface area contributed by atoms with Crippen molar-refractivity contribution in [2.24, 2.45) is 0 Å². The van der Waals surface area contributed by atoms with Crippen molar-refractivity contribution in [2.45, 2.75) is 12.8 Å². The van der Waals surface area contributed by atoms with Gasteiger partial charge in [-0.2, -0.15) is 0 Å². The number of benzene rings is 2. The van der Waals surface area contributed by atoms with E-state index in [1.54, 1.807) is 12.1 Å². The Labute approximate surface area is 147 Å². The van der Waals surface area contributed by atoms with Gasteiger partial charge in [0.2, 0.25) is 5.91 Å². The smallest absolute Gasteiger partial charge is 0.224 e. The molecule has 0 bridgehead atoms. The number of anilines is 1. The zero-order valence-corrected chi connectivity index (χ0v) is 14.3. The first-order valence-corrected chi connectivity index (χ1v) is 8.29. The highest BCUT2D eigenvalue weighted by Gasteiger charge is 2.08. The zero-order chi connectivity index (χ0) is 16.9. The lowest BCUT2D eigenvalue weighted by molar-refractivity contribution is -0.116. The summed E-state index contributed by atoms with van der Waals surface area (Å²) in [6.07, 6.45) is 0.823. The van der Waals surface area contributed by atoms with E-state index in [2.05, 4.69) is 21.2 Å². The Morgan fingerprint density at radius 1 is 1.08 bits per heavy atom. The van der Waals surface area contributed by atoms with E-state index < -0.39 is 0 Å². The number of aryl methyl sites for hydroxylation is 1. The fourth-order valence-electron chi connectivity index (χ4n) is 2.31. The summed E-state index contributed by atoms with van der Waals surface area (Å²) in [7, 11) is 0. The number of rotatable bonds is 5. The minimum atomic E-state index is -0.283. The molecular weight excluding hydrogens is 373 g/mol. The van der Waals surface area contributed by atoms with Crippen LogP contribution < -0.4 is 5.32 Å². The molecule has 0 aliphatic rings. The fraction of sp³-hybridized carbons (Fsp3) is 0.105. The van der Waals surface area contributed by atoms with Crippen LogP contribution in [-0.2, 0) is 11.2 Å². The predicted molar refractivity (Wildman–Crippen MR) is 95.2 cm³/mol. The molecule has 1 amide bonds. The quantitative estimate of drug-likeness (QED) is 0.634. The highest BCUT2D eigenvalue weighted by Crippen LogP contribution is 2.23. The first kappa shape index (κ1) is 16.5. The van der Waals surface area contributed by atoms with Crippen molar-refractivity contribution in [1.82, 2.24) is 0 Å². The Hall–Kier alpha value is -2.40. The van der Waals surface area contributed by atoms with Gasteiger partial charge in [0.1, 0.15) is 17.3 Å². The first-order valence-electron chi connectivity index (χ1n) is 7.50. The molecule has 3 aromatic rings. The molecule has 0 unspecified atom stereocenters. The monoisotopic (exact) mass is 387 g/mol. The van der Waals surface area contributed by atoms with E-state index in [0.29, 0.717) is 18.6 Å². The molecule has 3 rings (SSSR count). The molecule has 0 saturated carbocycles. The summed E-state index contributed by atoms with van der Waals surface area (Å²) in [6.45, 7) is 0. The summed E-state index contributed by atoms with van der Waals surface area (Å²) < 4.78 is 19.6. The predicted octanol–water partition coefficient (Wildman–Crippen LogP) is 5.42. The second-order valence-corrected chi connectivity index (χ2v) is 6.25. The third-order valence-corrected chi connectivity index (χ3v) is 3.99. The standard InChI is InChI=1S/C19H15BrFNO2/c20-14-2-1-3-16(12-14)22-19(23)11-9-17-8-10-18(24-17)13-4-6-15(21)7-5-13/h1-8,10,12H,9,11H2,(H,22,23). The van der Waals surface area contributed by atoms with Crippen molar-refractivity contribution in [3.05, 3.63) is 76.7 Å². The van der Waals surface area contributed by atoms with Crippen LogP contribution in [0.15, 0.2) is 69.6 Å². The third kappa shape index (κ3) is 4.32. The minimum absolute atomic E-state index is 0.0761. The maximum atomic E-state index is 12.9. The average molecular weight is 388 g/mol. The second-order valence-electron chi connectivity index (χ2n) is 5.33. The van der Waals surface area contributed by atoms with Gasteiger partial charge in [0.15, 0.2) is 0 Å². The molecule has 24 heavy (non-hydrogen) atoms. The van der Waals surface area contributed by atoms with Crippen molar-refractivity contribution >= 4 is 27.5 Å². The van der Waals surface area contributed by atoms with E-state index in [1.165, 1.54) is 12.1 Å². The highest BCUT2D eigenvalue weighted by atomic mass is 79.9. The lowest BCUT2D eigenvalue weighted by Crippen LogP contribution is -2.12. The molecule has 0 radical (unpaired) electrons. The Morgan fingerprint density at radius 2 is 1.88 bits per heavy atom. The number of hydrogen-bond acceptors (Lipinski definition) is 2. The Kier molecular flexibility index (Phi) is 5.11. The van der Waals surface area contributed by atoms with E-state index in [4.69, 9.17) is 4.42 Å². The molecule has 122 valence electrons. The van der Waals surface area contributed by atoms with E-state index >= 15 is 0 Å². The number of furan rings is 1. The van der Waals surface area contributed by atoms with Crippen LogP contribution in [0, 0.1) is 5.82 Å². The van der Waals surface area contributed by atoms with Crippen molar-refractivity contribution in [1.29, 1.82) is 0 Å². The van der Waals surface area contributed by atoms with Gasteiger partial charge in [0.05, 0.1) is 0 Å². The summed E-state index contributed by atoms with van der Waals surface area (Å²) in [5, 5.41) is 2.85. The van der Waals surface area contributed by atoms with Gasteiger partial charge >= 0.3 is 0 Å². The minimum Gasteiger partial charge on any atom is -0.461 e. The number of amides is 1. The van der Waals surface area contributed by atoms with Gasteiger partial charge in [-0.25, -0.2) is 4.39 Å². The van der Waals surface area contributed by atoms with Crippen LogP contribution in [-0.4, -0.2) is 5.91 Å². The average Bonchev–Trinajstić information content (AvgIpc) is 3.03. The second kappa shape index (κ2) is 7.45. The van der Waals surface area contributed by atoms with Gasteiger partial charge in [-0.15, -0.1) is 0 Å². The van der Waals surface area contributed by atoms with Gasteiger partial charge in [-0.05, 0) is 54.6 Å². The molecule has 5 heteroatoms. The summed E-state index contributed by atoms with van der Waals surface area (Å²) in [5.41, 5.74) is 1.56. The summed E-state index contributed by atoms with van der Waals surface area (Å²) in [4.78, 5) is 12.0. The number of nitrogens with one attached hydrogen (secondary N) is 1. The summed E-state index contributed by atoms with van der Waals surface area (Å²) in [5.74, 6) is 1.03. The molecule has 0 fully saturated rings. The molecule has 1 N–H and O–H groups in total. The van der Waals surface area contributed by atoms with Crippen LogP contribution in [0.1, 0.15) is 12.2 Å². The third-order valence-electron chi connectivity index (χ3n) is 3.50. The van der Waals surface area contributed by atoms with E-state index in [9.17, 15) is 9.18 Å². The van der Waals surface area contributed by atoms with Gasteiger partial charge in [0.25, 0.3) is 0 Å². The lowest BCUT2D eigenvalue weighted by atomic mass is 10.2. The van der Waals surface area contributed by atoms with Crippen LogP contribution in [0.2, 0.25) is 0 Å². The molecule has 0 aliphatic heterocycles. The molecule has 1 aromatic heterocycles. The van der Waals surface area contributed by atoms with Crippen LogP contribution in [0.5, 0.6) is 0 Å². The Morgan fingerprint density at radius 3 is 2.62 bits per heavy atom. The molecule has 0 spiro atoms. The van der Waals surface area contributed by atoms with Crippen molar-refractivity contribution in [3.8, 4) is 11.3 Å². The Balaban J connectivity index is 1.57. The molecular formula is C19H15BrFNO2. The van der Waals surface area contributed by atoms with Gasteiger partial charge in [-0.3, -0.25) is 4.79 Å². The summed E-state index contributed by atoms with van der Waals surface area (Å²) in [6, 6.07) is 17.2. The molecule has 1 heterocycles. The SMILES string of the molecule is O=C(CCc1ccc(-c2ccc(F)cc2)o1)Nc1cccc(Br)c1. The number of carbonyl (C=O) groups is 1. The van der Waals surface area contributed by atoms with Crippen molar-refractivity contribution < 1.29 is 13.6 Å². The van der Waals surface area contributed by atoms with E-state index in [0.717, 1.165) is 21.5 Å². The first-order chi connectivity index (χ1) is 11.6. The van der Waals surface area contributed by atoms with Crippen LogP contribution in [0.25, 0.3) is 11.3 Å². The normalized spacial score (nSPS) is 10.6. The van der Waals surface area contributed by atoms with Crippen molar-refractivity contribution in [2.75, 3.05) is 5.32 Å². The van der Waals surface area contributed by atoms with Gasteiger partial charge in [0, 0.05) is 28.6 Å². The molecule has 0 aliphatic carbocycles. The Bertz CT molecular complexity index is 843. The topological polar surface area (TPSA) is 42.2 Å². The molecule has 0 saturated heterocycles. The zero-order valence-electron chi connectivity index (χ0n) is 12.8. The van der Waals surface area contributed by atoms with Gasteiger partial charge in [-0.1, -0.05) is 22.0 Å². The van der Waals surface area contributed by atoms with E-state index in [1.807, 2.05) is 36.4 Å².